The maximum Gasteiger partial charge on any atom is 0.243 e. The molecule has 2 aliphatic rings. The molecule has 2 saturated heterocycles. The summed E-state index contributed by atoms with van der Waals surface area (Å²) in [4.78, 5) is 0.198. The van der Waals surface area contributed by atoms with E-state index in [0.717, 1.165) is 19.4 Å². The van der Waals surface area contributed by atoms with Gasteiger partial charge in [0.25, 0.3) is 0 Å². The van der Waals surface area contributed by atoms with Gasteiger partial charge in [0.05, 0.1) is 4.90 Å². The van der Waals surface area contributed by atoms with Gasteiger partial charge in [0.1, 0.15) is 5.82 Å². The molecule has 0 saturated carbocycles. The van der Waals surface area contributed by atoms with E-state index in [-0.39, 0.29) is 16.8 Å². The topological polar surface area (TPSA) is 49.4 Å². The molecule has 2 fully saturated rings. The summed E-state index contributed by atoms with van der Waals surface area (Å²) in [6, 6.07) is 4.07. The van der Waals surface area contributed by atoms with Crippen molar-refractivity contribution in [3.05, 3.63) is 29.6 Å². The first kappa shape index (κ1) is 14.0. The molecule has 20 heavy (non-hydrogen) atoms. The van der Waals surface area contributed by atoms with Gasteiger partial charge in [-0.25, -0.2) is 12.8 Å². The molecule has 2 aliphatic heterocycles. The number of rotatable bonds is 2. The van der Waals surface area contributed by atoms with Crippen LogP contribution in [0.1, 0.15) is 18.4 Å². The summed E-state index contributed by atoms with van der Waals surface area (Å²) in [5, 5.41) is 3.27. The number of fused-ring (bicyclic) bond motifs is 1. The molecule has 0 spiro atoms. The zero-order valence-corrected chi connectivity index (χ0v) is 12.3. The Labute approximate surface area is 119 Å². The normalized spacial score (nSPS) is 27.5. The maximum absolute atomic E-state index is 13.3. The van der Waals surface area contributed by atoms with Crippen LogP contribution < -0.4 is 5.32 Å². The smallest absolute Gasteiger partial charge is 0.243 e. The van der Waals surface area contributed by atoms with Crippen LogP contribution >= 0.6 is 0 Å². The minimum Gasteiger partial charge on any atom is -0.315 e. The van der Waals surface area contributed by atoms with Gasteiger partial charge in [-0.3, -0.25) is 0 Å². The quantitative estimate of drug-likeness (QED) is 0.900. The van der Waals surface area contributed by atoms with Crippen molar-refractivity contribution < 1.29 is 12.8 Å². The lowest BCUT2D eigenvalue weighted by Gasteiger charge is -2.35. The van der Waals surface area contributed by atoms with Gasteiger partial charge in [-0.1, -0.05) is 0 Å². The average Bonchev–Trinajstić information content (AvgIpc) is 2.89. The van der Waals surface area contributed by atoms with Gasteiger partial charge in [0.2, 0.25) is 10.0 Å². The molecule has 0 aliphatic carbocycles. The molecule has 110 valence electrons. The van der Waals surface area contributed by atoms with Gasteiger partial charge >= 0.3 is 0 Å². The van der Waals surface area contributed by atoms with Crippen LogP contribution in [0.2, 0.25) is 0 Å². The van der Waals surface area contributed by atoms with Crippen molar-refractivity contribution >= 4 is 10.0 Å². The second kappa shape index (κ2) is 5.09. The zero-order chi connectivity index (χ0) is 14.3. The molecule has 0 radical (unpaired) electrons. The highest BCUT2D eigenvalue weighted by Crippen LogP contribution is 2.31. The highest BCUT2D eigenvalue weighted by molar-refractivity contribution is 7.89. The predicted octanol–water partition coefficient (Wildman–Crippen LogP) is 1.51. The van der Waals surface area contributed by atoms with Crippen LogP contribution in [0, 0.1) is 18.7 Å². The second-order valence-electron chi connectivity index (χ2n) is 5.65. The number of sulfonamides is 1. The van der Waals surface area contributed by atoms with Gasteiger partial charge in [-0.05, 0) is 56.0 Å². The molecular formula is C14H19FN2O2S. The largest absolute Gasteiger partial charge is 0.315 e. The van der Waals surface area contributed by atoms with Crippen LogP contribution in [0.15, 0.2) is 23.1 Å². The van der Waals surface area contributed by atoms with E-state index in [1.807, 2.05) is 0 Å². The number of benzene rings is 1. The molecule has 0 aromatic heterocycles. The van der Waals surface area contributed by atoms with Gasteiger partial charge in [0, 0.05) is 19.1 Å². The molecule has 2 atom stereocenters. The third-order valence-corrected chi connectivity index (χ3v) is 6.28. The first-order valence-corrected chi connectivity index (χ1v) is 8.43. The summed E-state index contributed by atoms with van der Waals surface area (Å²) in [7, 11) is -3.53. The highest BCUT2D eigenvalue weighted by Gasteiger charge is 2.41. The Bertz CT molecular complexity index is 618. The lowest BCUT2D eigenvalue weighted by molar-refractivity contribution is 0.217. The molecule has 0 amide bonds. The molecular weight excluding hydrogens is 279 g/mol. The van der Waals surface area contributed by atoms with Crippen LogP contribution in [0.25, 0.3) is 0 Å². The van der Waals surface area contributed by atoms with Crippen molar-refractivity contribution in [2.45, 2.75) is 30.7 Å². The number of halogens is 1. The van der Waals surface area contributed by atoms with Crippen LogP contribution in [-0.2, 0) is 10.0 Å². The number of nitrogens with zero attached hydrogens (tertiary/aromatic N) is 1. The third kappa shape index (κ3) is 2.25. The van der Waals surface area contributed by atoms with Crippen molar-refractivity contribution in [1.29, 1.82) is 0 Å². The van der Waals surface area contributed by atoms with Crippen molar-refractivity contribution in [3.8, 4) is 0 Å². The SMILES string of the molecule is Cc1cc(S(=O)(=O)N2CCC[C@H]3CNC[C@H]32)ccc1F. The van der Waals surface area contributed by atoms with Gasteiger partial charge in [-0.2, -0.15) is 4.31 Å². The van der Waals surface area contributed by atoms with Gasteiger partial charge in [-0.15, -0.1) is 0 Å². The Morgan fingerprint density at radius 3 is 2.90 bits per heavy atom. The number of nitrogens with one attached hydrogen (secondary N) is 1. The predicted molar refractivity (Wildman–Crippen MR) is 74.4 cm³/mol. The number of hydrogen-bond donors (Lipinski definition) is 1. The van der Waals surface area contributed by atoms with E-state index >= 15 is 0 Å². The van der Waals surface area contributed by atoms with Crippen molar-refractivity contribution in [1.82, 2.24) is 9.62 Å². The Balaban J connectivity index is 1.96. The fourth-order valence-electron chi connectivity index (χ4n) is 3.24. The first-order chi connectivity index (χ1) is 9.50. The maximum atomic E-state index is 13.3. The first-order valence-electron chi connectivity index (χ1n) is 6.99. The van der Waals surface area contributed by atoms with Crippen molar-refractivity contribution in [3.63, 3.8) is 0 Å². The molecule has 1 N–H and O–H groups in total. The summed E-state index contributed by atoms with van der Waals surface area (Å²) < 4.78 is 40.5. The summed E-state index contributed by atoms with van der Waals surface area (Å²) in [6.45, 7) is 3.75. The average molecular weight is 298 g/mol. The summed E-state index contributed by atoms with van der Waals surface area (Å²) in [5.74, 6) is 0.0306. The second-order valence-corrected chi connectivity index (χ2v) is 7.55. The van der Waals surface area contributed by atoms with Crippen LogP contribution in [0.4, 0.5) is 4.39 Å². The van der Waals surface area contributed by atoms with E-state index in [4.69, 9.17) is 0 Å². The Morgan fingerprint density at radius 2 is 2.15 bits per heavy atom. The standard InChI is InChI=1S/C14H19FN2O2S/c1-10-7-12(4-5-13(10)15)20(18,19)17-6-2-3-11-8-16-9-14(11)17/h4-5,7,11,14,16H,2-3,6,8-9H2,1H3/t11-,14+/m0/s1. The Morgan fingerprint density at radius 1 is 1.35 bits per heavy atom. The third-order valence-electron chi connectivity index (χ3n) is 4.36. The summed E-state index contributed by atoms with van der Waals surface area (Å²) in [6.07, 6.45) is 1.97. The lowest BCUT2D eigenvalue weighted by Crippen LogP contribution is -2.48. The molecule has 0 bridgehead atoms. The molecule has 6 heteroatoms. The van der Waals surface area contributed by atoms with Crippen LogP contribution in [0.5, 0.6) is 0 Å². The van der Waals surface area contributed by atoms with Crippen molar-refractivity contribution in [2.75, 3.05) is 19.6 Å². The van der Waals surface area contributed by atoms with Gasteiger partial charge < -0.3 is 5.32 Å². The van der Waals surface area contributed by atoms with E-state index in [1.165, 1.54) is 18.2 Å². The number of hydrogen-bond acceptors (Lipinski definition) is 3. The van der Waals surface area contributed by atoms with Gasteiger partial charge in [0.15, 0.2) is 0 Å². The van der Waals surface area contributed by atoms with E-state index in [2.05, 4.69) is 5.32 Å². The van der Waals surface area contributed by atoms with E-state index in [1.54, 1.807) is 11.2 Å². The summed E-state index contributed by atoms with van der Waals surface area (Å²) in [5.41, 5.74) is 0.365. The minimum absolute atomic E-state index is 0.0408. The molecule has 4 nitrogen and oxygen atoms in total. The highest BCUT2D eigenvalue weighted by atomic mass is 32.2. The van der Waals surface area contributed by atoms with E-state index in [9.17, 15) is 12.8 Å². The molecule has 2 heterocycles. The van der Waals surface area contributed by atoms with Crippen molar-refractivity contribution in [2.24, 2.45) is 5.92 Å². The Hall–Kier alpha value is -0.980. The van der Waals surface area contributed by atoms with E-state index < -0.39 is 10.0 Å². The molecule has 1 aromatic rings. The minimum atomic E-state index is -3.53. The monoisotopic (exact) mass is 298 g/mol. The Kier molecular flexibility index (Phi) is 3.56. The molecule has 0 unspecified atom stereocenters. The number of aryl methyl sites for hydroxylation is 1. The fourth-order valence-corrected chi connectivity index (χ4v) is 5.05. The van der Waals surface area contributed by atoms with E-state index in [0.29, 0.717) is 24.6 Å². The van der Waals surface area contributed by atoms with Crippen LogP contribution in [0.3, 0.4) is 0 Å². The zero-order valence-electron chi connectivity index (χ0n) is 11.5. The lowest BCUT2D eigenvalue weighted by atomic mass is 9.94. The molecule has 1 aromatic carbocycles. The molecule has 3 rings (SSSR count). The summed E-state index contributed by atoms with van der Waals surface area (Å²) >= 11 is 0. The fraction of sp³-hybridized carbons (Fsp3) is 0.571. The number of piperidine rings is 1. The van der Waals surface area contributed by atoms with Crippen LogP contribution in [-0.4, -0.2) is 38.4 Å².